The molecule has 0 radical (unpaired) electrons. The molecule has 1 atom stereocenters. The van der Waals surface area contributed by atoms with Crippen LogP contribution in [0, 0.1) is 5.92 Å². The average molecular weight is 399 g/mol. The molecule has 1 aromatic heterocycles. The third-order valence-electron chi connectivity index (χ3n) is 4.59. The Labute approximate surface area is 172 Å². The summed E-state index contributed by atoms with van der Waals surface area (Å²) in [6.45, 7) is 6.79. The maximum absolute atomic E-state index is 11.6. The highest BCUT2D eigenvalue weighted by atomic mass is 16.6. The summed E-state index contributed by atoms with van der Waals surface area (Å²) in [6.07, 6.45) is 4.81. The minimum absolute atomic E-state index is 0.355. The molecular weight excluding hydrogens is 368 g/mol. The minimum atomic E-state index is -0.909. The van der Waals surface area contributed by atoms with Crippen LogP contribution in [0.5, 0.6) is 5.75 Å². The molecule has 2 rings (SSSR count). The summed E-state index contributed by atoms with van der Waals surface area (Å²) in [5, 5.41) is 13.4. The standard InChI is InChI=1S/C23H30N2O4/c1-4-13-29-25-17(3)22(23(26)27)15-19-7-10-21(11-8-19)28-14-12-20-9-6-18(5-2)16-24-20/h6-11,16,22H,4-5,12-15H2,1-3H3,(H,26,27). The Hall–Kier alpha value is -2.89. The molecule has 0 fully saturated rings. The third kappa shape index (κ3) is 7.56. The number of pyridine rings is 1. The summed E-state index contributed by atoms with van der Waals surface area (Å²) in [7, 11) is 0. The van der Waals surface area contributed by atoms with Gasteiger partial charge in [-0.2, -0.15) is 0 Å². The van der Waals surface area contributed by atoms with Crippen molar-refractivity contribution in [1.29, 1.82) is 0 Å². The summed E-state index contributed by atoms with van der Waals surface area (Å²) in [5.74, 6) is -0.869. The lowest BCUT2D eigenvalue weighted by Crippen LogP contribution is -2.24. The largest absolute Gasteiger partial charge is 0.493 e. The van der Waals surface area contributed by atoms with E-state index in [1.807, 2.05) is 43.5 Å². The number of benzene rings is 1. The summed E-state index contributed by atoms with van der Waals surface area (Å²) < 4.78 is 5.79. The highest BCUT2D eigenvalue weighted by molar-refractivity contribution is 6.00. The van der Waals surface area contributed by atoms with E-state index in [4.69, 9.17) is 9.57 Å². The fourth-order valence-corrected chi connectivity index (χ4v) is 2.76. The lowest BCUT2D eigenvalue weighted by atomic mass is 9.95. The van der Waals surface area contributed by atoms with E-state index in [9.17, 15) is 9.90 Å². The zero-order valence-electron chi connectivity index (χ0n) is 17.4. The van der Waals surface area contributed by atoms with Crippen LogP contribution in [0.3, 0.4) is 0 Å². The Morgan fingerprint density at radius 2 is 1.83 bits per heavy atom. The molecule has 0 aliphatic rings. The van der Waals surface area contributed by atoms with Crippen molar-refractivity contribution in [3.8, 4) is 5.75 Å². The highest BCUT2D eigenvalue weighted by Gasteiger charge is 2.22. The Balaban J connectivity index is 1.87. The molecule has 6 nitrogen and oxygen atoms in total. The van der Waals surface area contributed by atoms with E-state index < -0.39 is 11.9 Å². The number of carboxylic acids is 1. The summed E-state index contributed by atoms with van der Waals surface area (Å²) >= 11 is 0. The number of hydrogen-bond acceptors (Lipinski definition) is 5. The Morgan fingerprint density at radius 3 is 2.41 bits per heavy atom. The molecule has 2 aromatic rings. The maximum atomic E-state index is 11.6. The number of carboxylic acid groups (broad SMARTS) is 1. The predicted molar refractivity (Wildman–Crippen MR) is 113 cm³/mol. The molecule has 1 aromatic carbocycles. The molecular formula is C23H30N2O4. The van der Waals surface area contributed by atoms with Gasteiger partial charge in [0.05, 0.1) is 12.3 Å². The first-order valence-electron chi connectivity index (χ1n) is 10.1. The van der Waals surface area contributed by atoms with Crippen molar-refractivity contribution in [3.63, 3.8) is 0 Å². The first-order valence-corrected chi connectivity index (χ1v) is 10.1. The summed E-state index contributed by atoms with van der Waals surface area (Å²) in [5.41, 5.74) is 3.60. The van der Waals surface area contributed by atoms with Crippen molar-refractivity contribution < 1.29 is 19.5 Å². The first kappa shape index (κ1) is 22.4. The van der Waals surface area contributed by atoms with Gasteiger partial charge in [-0.1, -0.05) is 37.2 Å². The predicted octanol–water partition coefficient (Wildman–Crippen LogP) is 4.31. The number of oxime groups is 1. The topological polar surface area (TPSA) is 81.0 Å². The molecule has 0 spiro atoms. The first-order chi connectivity index (χ1) is 14.0. The van der Waals surface area contributed by atoms with E-state index in [1.165, 1.54) is 5.56 Å². The van der Waals surface area contributed by atoms with E-state index in [0.717, 1.165) is 36.3 Å². The normalized spacial score (nSPS) is 12.4. The van der Waals surface area contributed by atoms with Gasteiger partial charge in [-0.25, -0.2) is 0 Å². The van der Waals surface area contributed by atoms with Gasteiger partial charge in [0, 0.05) is 18.3 Å². The molecule has 156 valence electrons. The maximum Gasteiger partial charge on any atom is 0.312 e. The van der Waals surface area contributed by atoms with Crippen molar-refractivity contribution in [1.82, 2.24) is 4.98 Å². The van der Waals surface area contributed by atoms with E-state index in [2.05, 4.69) is 23.1 Å². The number of carbonyl (C=O) groups is 1. The van der Waals surface area contributed by atoms with Gasteiger partial charge < -0.3 is 14.7 Å². The number of ether oxygens (including phenoxy) is 1. The fourth-order valence-electron chi connectivity index (χ4n) is 2.76. The van der Waals surface area contributed by atoms with Crippen molar-refractivity contribution in [2.75, 3.05) is 13.2 Å². The van der Waals surface area contributed by atoms with E-state index in [1.54, 1.807) is 6.92 Å². The van der Waals surface area contributed by atoms with Crippen LogP contribution >= 0.6 is 0 Å². The SMILES string of the molecule is CCCON=C(C)C(Cc1ccc(OCCc2ccc(CC)cn2)cc1)C(=O)O. The monoisotopic (exact) mass is 398 g/mol. The molecule has 0 saturated carbocycles. The second-order valence-electron chi connectivity index (χ2n) is 6.91. The van der Waals surface area contributed by atoms with Gasteiger partial charge in [0.15, 0.2) is 0 Å². The lowest BCUT2D eigenvalue weighted by molar-refractivity contribution is -0.139. The number of aromatic nitrogens is 1. The number of rotatable bonds is 12. The second-order valence-corrected chi connectivity index (χ2v) is 6.91. The van der Waals surface area contributed by atoms with Crippen molar-refractivity contribution >= 4 is 11.7 Å². The molecule has 6 heteroatoms. The smallest absolute Gasteiger partial charge is 0.312 e. The summed E-state index contributed by atoms with van der Waals surface area (Å²) in [6, 6.07) is 11.6. The molecule has 0 saturated heterocycles. The molecule has 1 unspecified atom stereocenters. The van der Waals surface area contributed by atoms with E-state index in [-0.39, 0.29) is 0 Å². The van der Waals surface area contributed by atoms with Crippen LogP contribution in [-0.2, 0) is 28.9 Å². The van der Waals surface area contributed by atoms with Gasteiger partial charge in [-0.3, -0.25) is 9.78 Å². The van der Waals surface area contributed by atoms with Crippen molar-refractivity contribution in [2.24, 2.45) is 11.1 Å². The Morgan fingerprint density at radius 1 is 1.10 bits per heavy atom. The van der Waals surface area contributed by atoms with Crippen LogP contribution in [0.25, 0.3) is 0 Å². The minimum Gasteiger partial charge on any atom is -0.493 e. The summed E-state index contributed by atoms with van der Waals surface area (Å²) in [4.78, 5) is 21.2. The van der Waals surface area contributed by atoms with Gasteiger partial charge >= 0.3 is 5.97 Å². The van der Waals surface area contributed by atoms with Crippen LogP contribution in [0.4, 0.5) is 0 Å². The van der Waals surface area contributed by atoms with Gasteiger partial charge in [-0.05, 0) is 55.5 Å². The Kier molecular flexibility index (Phi) is 9.15. The molecule has 0 aliphatic carbocycles. The quantitative estimate of drug-likeness (QED) is 0.327. The number of nitrogens with zero attached hydrogens (tertiary/aromatic N) is 2. The number of aryl methyl sites for hydroxylation is 1. The van der Waals surface area contributed by atoms with Gasteiger partial charge in [0.1, 0.15) is 18.3 Å². The van der Waals surface area contributed by atoms with Crippen LogP contribution < -0.4 is 4.74 Å². The van der Waals surface area contributed by atoms with E-state index in [0.29, 0.717) is 25.3 Å². The third-order valence-corrected chi connectivity index (χ3v) is 4.59. The molecule has 0 aliphatic heterocycles. The van der Waals surface area contributed by atoms with E-state index >= 15 is 0 Å². The van der Waals surface area contributed by atoms with Gasteiger partial charge in [0.2, 0.25) is 0 Å². The van der Waals surface area contributed by atoms with Crippen LogP contribution in [-0.4, -0.2) is 35.0 Å². The second kappa shape index (κ2) is 11.8. The molecule has 1 N–H and O–H groups in total. The zero-order chi connectivity index (χ0) is 21.1. The number of aliphatic carboxylic acids is 1. The Bertz CT molecular complexity index is 786. The molecule has 0 amide bonds. The highest BCUT2D eigenvalue weighted by Crippen LogP contribution is 2.17. The van der Waals surface area contributed by atoms with Crippen LogP contribution in [0.2, 0.25) is 0 Å². The van der Waals surface area contributed by atoms with Crippen molar-refractivity contribution in [3.05, 3.63) is 59.4 Å². The van der Waals surface area contributed by atoms with Crippen LogP contribution in [0.1, 0.15) is 44.0 Å². The lowest BCUT2D eigenvalue weighted by Gasteiger charge is -2.13. The average Bonchev–Trinajstić information content (AvgIpc) is 2.73. The molecule has 1 heterocycles. The zero-order valence-corrected chi connectivity index (χ0v) is 17.4. The number of hydrogen-bond donors (Lipinski definition) is 1. The van der Waals surface area contributed by atoms with Gasteiger partial charge in [-0.15, -0.1) is 0 Å². The fraction of sp³-hybridized carbons (Fsp3) is 0.435. The van der Waals surface area contributed by atoms with Crippen molar-refractivity contribution in [2.45, 2.75) is 46.5 Å². The van der Waals surface area contributed by atoms with Crippen LogP contribution in [0.15, 0.2) is 47.8 Å². The molecule has 0 bridgehead atoms. The van der Waals surface area contributed by atoms with Gasteiger partial charge in [0.25, 0.3) is 0 Å². The molecule has 29 heavy (non-hydrogen) atoms.